The summed E-state index contributed by atoms with van der Waals surface area (Å²) in [6.45, 7) is 0.415. The summed E-state index contributed by atoms with van der Waals surface area (Å²) in [5, 5.41) is 4.24. The van der Waals surface area contributed by atoms with Crippen LogP contribution < -0.4 is 15.8 Å². The van der Waals surface area contributed by atoms with Crippen LogP contribution in [0, 0.1) is 0 Å². The van der Waals surface area contributed by atoms with E-state index in [1.54, 1.807) is 36.4 Å². The van der Waals surface area contributed by atoms with E-state index in [9.17, 15) is 4.79 Å². The number of benzene rings is 1. The third-order valence-electron chi connectivity index (χ3n) is 3.14. The van der Waals surface area contributed by atoms with Gasteiger partial charge in [0.25, 0.3) is 5.91 Å². The third kappa shape index (κ3) is 4.24. The highest BCUT2D eigenvalue weighted by Crippen LogP contribution is 2.30. The van der Waals surface area contributed by atoms with E-state index in [1.807, 2.05) is 12.1 Å². The molecule has 1 aromatic carbocycles. The standard InChI is InChI=1S/C17H14ClN3O2S/c18-12-2-4-13(5-3-12)23-16-8-6-14(24-16)10-21-17(22)11-1-7-15(19)20-9-11/h1-9H,10H2,(H2,19,20)(H,21,22). The van der Waals surface area contributed by atoms with Crippen molar-refractivity contribution in [2.75, 3.05) is 5.73 Å². The Hall–Kier alpha value is -2.57. The predicted molar refractivity (Wildman–Crippen MR) is 95.7 cm³/mol. The number of hydrogen-bond acceptors (Lipinski definition) is 5. The van der Waals surface area contributed by atoms with E-state index in [0.717, 1.165) is 9.94 Å². The summed E-state index contributed by atoms with van der Waals surface area (Å²) in [5.41, 5.74) is 5.97. The average molecular weight is 360 g/mol. The van der Waals surface area contributed by atoms with Gasteiger partial charge < -0.3 is 15.8 Å². The molecule has 0 fully saturated rings. The van der Waals surface area contributed by atoms with Gasteiger partial charge in [-0.1, -0.05) is 11.6 Å². The van der Waals surface area contributed by atoms with Crippen LogP contribution in [0.25, 0.3) is 0 Å². The zero-order valence-corrected chi connectivity index (χ0v) is 14.1. The molecule has 5 nitrogen and oxygen atoms in total. The minimum Gasteiger partial charge on any atom is -0.447 e. The first-order valence-electron chi connectivity index (χ1n) is 7.12. The second-order valence-corrected chi connectivity index (χ2v) is 6.50. The highest BCUT2D eigenvalue weighted by molar-refractivity contribution is 7.13. The van der Waals surface area contributed by atoms with Crippen LogP contribution in [-0.2, 0) is 6.54 Å². The number of carbonyl (C=O) groups is 1. The van der Waals surface area contributed by atoms with E-state index in [0.29, 0.717) is 28.7 Å². The number of aromatic nitrogens is 1. The Morgan fingerprint density at radius 1 is 1.17 bits per heavy atom. The van der Waals surface area contributed by atoms with Crippen molar-refractivity contribution in [2.45, 2.75) is 6.54 Å². The van der Waals surface area contributed by atoms with Crippen LogP contribution in [0.1, 0.15) is 15.2 Å². The number of nitrogens with one attached hydrogen (secondary N) is 1. The number of rotatable bonds is 5. The van der Waals surface area contributed by atoms with Gasteiger partial charge in [-0.3, -0.25) is 4.79 Å². The number of nitrogens with zero attached hydrogens (tertiary/aromatic N) is 1. The maximum atomic E-state index is 12.0. The molecule has 0 bridgehead atoms. The maximum Gasteiger partial charge on any atom is 0.253 e. The van der Waals surface area contributed by atoms with Gasteiger partial charge in [0, 0.05) is 16.1 Å². The number of carbonyl (C=O) groups excluding carboxylic acids is 1. The van der Waals surface area contributed by atoms with Crippen LogP contribution in [-0.4, -0.2) is 10.9 Å². The van der Waals surface area contributed by atoms with E-state index in [4.69, 9.17) is 22.1 Å². The van der Waals surface area contributed by atoms with E-state index in [1.165, 1.54) is 17.5 Å². The van der Waals surface area contributed by atoms with Gasteiger partial charge in [-0.05, 0) is 48.5 Å². The van der Waals surface area contributed by atoms with Gasteiger partial charge >= 0.3 is 0 Å². The van der Waals surface area contributed by atoms with E-state index in [2.05, 4.69) is 10.3 Å². The van der Waals surface area contributed by atoms with Crippen molar-refractivity contribution in [3.05, 3.63) is 70.2 Å². The van der Waals surface area contributed by atoms with Crippen molar-refractivity contribution in [3.63, 3.8) is 0 Å². The molecule has 0 radical (unpaired) electrons. The van der Waals surface area contributed by atoms with Crippen molar-refractivity contribution in [3.8, 4) is 10.8 Å². The second kappa shape index (κ2) is 7.33. The molecule has 0 unspecified atom stereocenters. The molecule has 3 N–H and O–H groups in total. The van der Waals surface area contributed by atoms with Crippen LogP contribution in [0.15, 0.2) is 54.7 Å². The van der Waals surface area contributed by atoms with E-state index in [-0.39, 0.29) is 5.91 Å². The third-order valence-corrected chi connectivity index (χ3v) is 4.36. The molecule has 0 atom stereocenters. The van der Waals surface area contributed by atoms with Gasteiger partial charge in [0.15, 0.2) is 5.06 Å². The number of anilines is 1. The number of ether oxygens (including phenoxy) is 1. The molecule has 7 heteroatoms. The van der Waals surface area contributed by atoms with Crippen molar-refractivity contribution >= 4 is 34.7 Å². The molecule has 1 amide bonds. The SMILES string of the molecule is Nc1ccc(C(=O)NCc2ccc(Oc3ccc(Cl)cc3)s2)cn1. The summed E-state index contributed by atoms with van der Waals surface area (Å²) in [6.07, 6.45) is 1.45. The molecule has 122 valence electrons. The summed E-state index contributed by atoms with van der Waals surface area (Å²) >= 11 is 7.31. The number of halogens is 1. The summed E-state index contributed by atoms with van der Waals surface area (Å²) in [4.78, 5) is 16.9. The Morgan fingerprint density at radius 2 is 1.96 bits per heavy atom. The molecule has 0 aliphatic heterocycles. The molecule has 24 heavy (non-hydrogen) atoms. The van der Waals surface area contributed by atoms with Gasteiger partial charge in [-0.2, -0.15) is 0 Å². The minimum atomic E-state index is -0.198. The molecule has 2 heterocycles. The molecule has 0 aliphatic carbocycles. The van der Waals surface area contributed by atoms with Crippen LogP contribution in [0.4, 0.5) is 5.82 Å². The number of nitrogens with two attached hydrogens (primary N) is 1. The minimum absolute atomic E-state index is 0.198. The highest BCUT2D eigenvalue weighted by Gasteiger charge is 2.08. The molecule has 0 saturated carbocycles. The van der Waals surface area contributed by atoms with Crippen LogP contribution >= 0.6 is 22.9 Å². The summed E-state index contributed by atoms with van der Waals surface area (Å²) in [6, 6.07) is 14.2. The zero-order chi connectivity index (χ0) is 16.9. The Balaban J connectivity index is 1.56. The first kappa shape index (κ1) is 16.3. The van der Waals surface area contributed by atoms with Gasteiger partial charge in [0.05, 0.1) is 12.1 Å². The highest BCUT2D eigenvalue weighted by atomic mass is 35.5. The maximum absolute atomic E-state index is 12.0. The molecule has 0 saturated heterocycles. The van der Waals surface area contributed by atoms with Crippen molar-refractivity contribution in [2.24, 2.45) is 0 Å². The monoisotopic (exact) mass is 359 g/mol. The molecule has 3 aromatic rings. The number of pyridine rings is 1. The van der Waals surface area contributed by atoms with Gasteiger partial charge in [-0.15, -0.1) is 11.3 Å². The van der Waals surface area contributed by atoms with Crippen LogP contribution in [0.5, 0.6) is 10.8 Å². The Kier molecular flexibility index (Phi) is 4.98. The van der Waals surface area contributed by atoms with Crippen LogP contribution in [0.3, 0.4) is 0 Å². The fourth-order valence-electron chi connectivity index (χ4n) is 1.94. The average Bonchev–Trinajstić information content (AvgIpc) is 3.03. The summed E-state index contributed by atoms with van der Waals surface area (Å²) in [5.74, 6) is 0.898. The molecular formula is C17H14ClN3O2S. The number of amides is 1. The topological polar surface area (TPSA) is 77.2 Å². The molecule has 3 rings (SSSR count). The lowest BCUT2D eigenvalue weighted by Gasteiger charge is -2.04. The molecule has 0 spiro atoms. The first-order valence-corrected chi connectivity index (χ1v) is 8.31. The first-order chi connectivity index (χ1) is 11.6. The Labute approximate surface area is 148 Å². The summed E-state index contributed by atoms with van der Waals surface area (Å²) < 4.78 is 5.74. The van der Waals surface area contributed by atoms with E-state index < -0.39 is 0 Å². The molecule has 2 aromatic heterocycles. The smallest absolute Gasteiger partial charge is 0.253 e. The lowest BCUT2D eigenvalue weighted by molar-refractivity contribution is 0.0951. The number of thiophene rings is 1. The largest absolute Gasteiger partial charge is 0.447 e. The van der Waals surface area contributed by atoms with E-state index >= 15 is 0 Å². The fourth-order valence-corrected chi connectivity index (χ4v) is 2.87. The Bertz CT molecular complexity index is 832. The molecule has 0 aliphatic rings. The second-order valence-electron chi connectivity index (χ2n) is 4.93. The van der Waals surface area contributed by atoms with Crippen LogP contribution in [0.2, 0.25) is 5.02 Å². The fraction of sp³-hybridized carbons (Fsp3) is 0.0588. The van der Waals surface area contributed by atoms with Crippen molar-refractivity contribution in [1.29, 1.82) is 0 Å². The normalized spacial score (nSPS) is 10.4. The number of hydrogen-bond donors (Lipinski definition) is 2. The Morgan fingerprint density at radius 3 is 2.67 bits per heavy atom. The molecular weight excluding hydrogens is 346 g/mol. The number of nitrogen functional groups attached to an aromatic ring is 1. The lowest BCUT2D eigenvalue weighted by Crippen LogP contribution is -2.22. The van der Waals surface area contributed by atoms with Gasteiger partial charge in [-0.25, -0.2) is 4.98 Å². The quantitative estimate of drug-likeness (QED) is 0.719. The van der Waals surface area contributed by atoms with Crippen molar-refractivity contribution < 1.29 is 9.53 Å². The summed E-state index contributed by atoms with van der Waals surface area (Å²) in [7, 11) is 0. The zero-order valence-electron chi connectivity index (χ0n) is 12.5. The lowest BCUT2D eigenvalue weighted by atomic mass is 10.2. The van der Waals surface area contributed by atoms with Gasteiger partial charge in [0.2, 0.25) is 0 Å². The van der Waals surface area contributed by atoms with Gasteiger partial charge in [0.1, 0.15) is 11.6 Å². The predicted octanol–water partition coefficient (Wildman–Crippen LogP) is 4.10. The van der Waals surface area contributed by atoms with Crippen molar-refractivity contribution in [1.82, 2.24) is 10.3 Å².